The van der Waals surface area contributed by atoms with Crippen LogP contribution >= 0.6 is 0 Å². The molecule has 0 saturated carbocycles. The maximum absolute atomic E-state index is 11.5. The van der Waals surface area contributed by atoms with Crippen LogP contribution in [0.15, 0.2) is 23.4 Å². The Bertz CT molecular complexity index is 481. The van der Waals surface area contributed by atoms with E-state index < -0.39 is 21.1 Å². The lowest BCUT2D eigenvalue weighted by atomic mass is 10.2. The Kier molecular flexibility index (Phi) is 3.06. The van der Waals surface area contributed by atoms with E-state index in [0.717, 1.165) is 0 Å². The second-order valence-electron chi connectivity index (χ2n) is 3.03. The zero-order valence-electron chi connectivity index (χ0n) is 8.21. The molecule has 1 aromatic rings. The molecule has 1 N–H and O–H groups in total. The standard InChI is InChI=1S/C8H10N2O4S/c1-10(2)8(11)6-4-3-5-9-7(6)15(12,13)14/h3-5H,1-2H3,(H,12,13,14). The van der Waals surface area contributed by atoms with E-state index in [1.807, 2.05) is 0 Å². The van der Waals surface area contributed by atoms with Gasteiger partial charge >= 0.3 is 10.1 Å². The molecule has 0 aliphatic carbocycles. The lowest BCUT2D eigenvalue weighted by molar-refractivity contribution is 0.0822. The minimum Gasteiger partial charge on any atom is -0.345 e. The molecule has 1 amide bonds. The minimum absolute atomic E-state index is 0.148. The van der Waals surface area contributed by atoms with Crippen LogP contribution in [0.4, 0.5) is 0 Å². The summed E-state index contributed by atoms with van der Waals surface area (Å²) in [5, 5.41) is -0.622. The van der Waals surface area contributed by atoms with E-state index in [4.69, 9.17) is 4.55 Å². The number of carbonyl (C=O) groups is 1. The van der Waals surface area contributed by atoms with Gasteiger partial charge in [0, 0.05) is 20.3 Å². The maximum Gasteiger partial charge on any atom is 0.312 e. The Morgan fingerprint density at radius 3 is 2.53 bits per heavy atom. The van der Waals surface area contributed by atoms with Crippen molar-refractivity contribution in [3.63, 3.8) is 0 Å². The summed E-state index contributed by atoms with van der Waals surface area (Å²) in [6.07, 6.45) is 1.19. The van der Waals surface area contributed by atoms with Gasteiger partial charge in [0.15, 0.2) is 5.03 Å². The maximum atomic E-state index is 11.5. The van der Waals surface area contributed by atoms with Gasteiger partial charge in [-0.15, -0.1) is 0 Å². The van der Waals surface area contributed by atoms with Crippen LogP contribution in [0.5, 0.6) is 0 Å². The minimum atomic E-state index is -4.47. The van der Waals surface area contributed by atoms with Gasteiger partial charge in [-0.05, 0) is 12.1 Å². The SMILES string of the molecule is CN(C)C(=O)c1cccnc1S(=O)(=O)O. The molecule has 0 atom stereocenters. The van der Waals surface area contributed by atoms with Crippen molar-refractivity contribution in [2.75, 3.05) is 14.1 Å². The Hall–Kier alpha value is -1.47. The van der Waals surface area contributed by atoms with Crippen molar-refractivity contribution in [2.24, 2.45) is 0 Å². The predicted molar refractivity (Wildman–Crippen MR) is 52.1 cm³/mol. The van der Waals surface area contributed by atoms with E-state index >= 15 is 0 Å². The van der Waals surface area contributed by atoms with Gasteiger partial charge in [-0.2, -0.15) is 8.42 Å². The Morgan fingerprint density at radius 1 is 1.47 bits per heavy atom. The zero-order valence-corrected chi connectivity index (χ0v) is 9.02. The van der Waals surface area contributed by atoms with Gasteiger partial charge in [0.25, 0.3) is 5.91 Å². The summed E-state index contributed by atoms with van der Waals surface area (Å²) in [6.45, 7) is 0. The van der Waals surface area contributed by atoms with Gasteiger partial charge in [-0.3, -0.25) is 9.35 Å². The van der Waals surface area contributed by atoms with Crippen molar-refractivity contribution in [3.05, 3.63) is 23.9 Å². The molecule has 0 fully saturated rings. The quantitative estimate of drug-likeness (QED) is 0.724. The summed E-state index contributed by atoms with van der Waals surface area (Å²) in [4.78, 5) is 16.2. The molecule has 0 radical (unpaired) electrons. The average molecular weight is 230 g/mol. The molecule has 0 spiro atoms. The van der Waals surface area contributed by atoms with E-state index in [2.05, 4.69) is 4.98 Å². The molecule has 0 unspecified atom stereocenters. The molecule has 0 aliphatic heterocycles. The number of hydrogen-bond donors (Lipinski definition) is 1. The summed E-state index contributed by atoms with van der Waals surface area (Å²) in [5.41, 5.74) is -0.148. The Balaban J connectivity index is 3.38. The van der Waals surface area contributed by atoms with Crippen LogP contribution in [-0.4, -0.2) is 42.9 Å². The van der Waals surface area contributed by atoms with Crippen molar-refractivity contribution in [3.8, 4) is 0 Å². The van der Waals surface area contributed by atoms with Crippen molar-refractivity contribution in [1.29, 1.82) is 0 Å². The monoisotopic (exact) mass is 230 g/mol. The number of rotatable bonds is 2. The van der Waals surface area contributed by atoms with Gasteiger partial charge < -0.3 is 4.90 Å². The van der Waals surface area contributed by atoms with Crippen molar-refractivity contribution < 1.29 is 17.8 Å². The van der Waals surface area contributed by atoms with Gasteiger partial charge in [0.1, 0.15) is 0 Å². The normalized spacial score (nSPS) is 11.1. The third kappa shape index (κ3) is 2.51. The van der Waals surface area contributed by atoms with Crippen LogP contribution in [0.3, 0.4) is 0 Å². The molecule has 0 aromatic carbocycles. The van der Waals surface area contributed by atoms with Crippen LogP contribution in [0.1, 0.15) is 10.4 Å². The molecule has 15 heavy (non-hydrogen) atoms. The highest BCUT2D eigenvalue weighted by Crippen LogP contribution is 2.12. The van der Waals surface area contributed by atoms with E-state index in [1.54, 1.807) is 0 Å². The van der Waals surface area contributed by atoms with E-state index in [-0.39, 0.29) is 5.56 Å². The molecule has 1 aromatic heterocycles. The van der Waals surface area contributed by atoms with E-state index in [0.29, 0.717) is 0 Å². The number of pyridine rings is 1. The number of aromatic nitrogens is 1. The molecule has 7 heteroatoms. The highest BCUT2D eigenvalue weighted by Gasteiger charge is 2.22. The summed E-state index contributed by atoms with van der Waals surface area (Å²) in [6, 6.07) is 2.71. The second-order valence-corrected chi connectivity index (χ2v) is 4.37. The molecule has 6 nitrogen and oxygen atoms in total. The number of amides is 1. The number of carbonyl (C=O) groups excluding carboxylic acids is 1. The fourth-order valence-corrected chi connectivity index (χ4v) is 1.63. The highest BCUT2D eigenvalue weighted by atomic mass is 32.2. The van der Waals surface area contributed by atoms with Crippen LogP contribution in [0.2, 0.25) is 0 Å². The van der Waals surface area contributed by atoms with Gasteiger partial charge in [0.2, 0.25) is 0 Å². The van der Waals surface area contributed by atoms with Crippen molar-refractivity contribution in [2.45, 2.75) is 5.03 Å². The first-order valence-electron chi connectivity index (χ1n) is 3.98. The predicted octanol–water partition coefficient (Wildman–Crippen LogP) is 0.0301. The van der Waals surface area contributed by atoms with Gasteiger partial charge in [-0.1, -0.05) is 0 Å². The first kappa shape index (κ1) is 11.6. The van der Waals surface area contributed by atoms with Crippen LogP contribution in [0.25, 0.3) is 0 Å². The lowest BCUT2D eigenvalue weighted by Gasteiger charge is -2.11. The third-order valence-corrected chi connectivity index (χ3v) is 2.47. The molecule has 0 saturated heterocycles. The van der Waals surface area contributed by atoms with Crippen LogP contribution in [0, 0.1) is 0 Å². The fourth-order valence-electron chi connectivity index (χ4n) is 1.00. The summed E-state index contributed by atoms with van der Waals surface area (Å²) in [5.74, 6) is -0.532. The molecule has 0 aliphatic rings. The third-order valence-electron chi connectivity index (χ3n) is 1.65. The molecule has 0 bridgehead atoms. The summed E-state index contributed by atoms with van der Waals surface area (Å²) >= 11 is 0. The van der Waals surface area contributed by atoms with Crippen LogP contribution in [-0.2, 0) is 10.1 Å². The number of hydrogen-bond acceptors (Lipinski definition) is 4. The topological polar surface area (TPSA) is 87.6 Å². The van der Waals surface area contributed by atoms with Gasteiger partial charge in [-0.25, -0.2) is 4.98 Å². The lowest BCUT2D eigenvalue weighted by Crippen LogP contribution is -2.24. The second kappa shape index (κ2) is 3.95. The van der Waals surface area contributed by atoms with E-state index in [9.17, 15) is 13.2 Å². The van der Waals surface area contributed by atoms with E-state index in [1.165, 1.54) is 37.3 Å². The van der Waals surface area contributed by atoms with Crippen molar-refractivity contribution in [1.82, 2.24) is 9.88 Å². The molecular weight excluding hydrogens is 220 g/mol. The Labute approximate surface area is 87.3 Å². The first-order valence-corrected chi connectivity index (χ1v) is 5.42. The summed E-state index contributed by atoms with van der Waals surface area (Å²) < 4.78 is 30.6. The average Bonchev–Trinajstić information content (AvgIpc) is 2.15. The molecule has 1 heterocycles. The largest absolute Gasteiger partial charge is 0.345 e. The highest BCUT2D eigenvalue weighted by molar-refractivity contribution is 7.85. The molecular formula is C8H10N2O4S. The number of nitrogens with zero attached hydrogens (tertiary/aromatic N) is 2. The first-order chi connectivity index (χ1) is 6.84. The summed E-state index contributed by atoms with van der Waals surface area (Å²) in [7, 11) is -1.52. The molecule has 82 valence electrons. The van der Waals surface area contributed by atoms with Gasteiger partial charge in [0.05, 0.1) is 5.56 Å². The smallest absolute Gasteiger partial charge is 0.312 e. The zero-order chi connectivity index (χ0) is 11.6. The molecule has 1 rings (SSSR count). The fraction of sp³-hybridized carbons (Fsp3) is 0.250. The van der Waals surface area contributed by atoms with Crippen LogP contribution < -0.4 is 0 Å². The Morgan fingerprint density at radius 2 is 2.07 bits per heavy atom. The van der Waals surface area contributed by atoms with Crippen molar-refractivity contribution >= 4 is 16.0 Å².